The Balaban J connectivity index is 2.07. The van der Waals surface area contributed by atoms with E-state index in [4.69, 9.17) is 14.2 Å². The van der Waals surface area contributed by atoms with Gasteiger partial charge >= 0.3 is 5.97 Å². The number of nitrogens with one attached hydrogen (secondary N) is 1. The number of aromatic nitrogens is 1. The number of benzene rings is 2. The van der Waals surface area contributed by atoms with Crippen LogP contribution in [0.1, 0.15) is 67.6 Å². The molecule has 0 saturated heterocycles. The number of rotatable bonds is 11. The summed E-state index contributed by atoms with van der Waals surface area (Å²) < 4.78 is 43.4. The molecule has 40 heavy (non-hydrogen) atoms. The Morgan fingerprint density at radius 1 is 1.10 bits per heavy atom. The van der Waals surface area contributed by atoms with E-state index in [9.17, 15) is 13.2 Å². The van der Waals surface area contributed by atoms with Crippen molar-refractivity contribution in [2.45, 2.75) is 52.9 Å². The molecule has 0 spiro atoms. The number of nitrogens with zero attached hydrogens (tertiary/aromatic N) is 1. The first-order valence-electron chi connectivity index (χ1n) is 13.1. The molecule has 1 heterocycles. The lowest BCUT2D eigenvalue weighted by molar-refractivity contribution is 0.0691. The number of carbonyl (C=O) groups excluding carboxylic acids is 1. The van der Waals surface area contributed by atoms with E-state index < -0.39 is 16.0 Å². The van der Waals surface area contributed by atoms with Gasteiger partial charge in [-0.3, -0.25) is 4.72 Å². The van der Waals surface area contributed by atoms with Crippen molar-refractivity contribution in [3.05, 3.63) is 77.5 Å². The first-order valence-corrected chi connectivity index (χ1v) is 14.9. The fraction of sp³-hybridized carbons (Fsp3) is 0.355. The monoisotopic (exact) mass is 566 g/mol. The van der Waals surface area contributed by atoms with Gasteiger partial charge in [-0.15, -0.1) is 0 Å². The Hall–Kier alpha value is -3.85. The van der Waals surface area contributed by atoms with Crippen molar-refractivity contribution >= 4 is 27.4 Å². The second kappa shape index (κ2) is 12.6. The van der Waals surface area contributed by atoms with Gasteiger partial charge in [-0.05, 0) is 66.3 Å². The second-order valence-electron chi connectivity index (χ2n) is 10.6. The highest BCUT2D eigenvalue weighted by atomic mass is 32.2. The summed E-state index contributed by atoms with van der Waals surface area (Å²) in [6, 6.07) is 12.3. The predicted molar refractivity (Wildman–Crippen MR) is 159 cm³/mol. The third-order valence-electron chi connectivity index (χ3n) is 6.20. The Labute approximate surface area is 237 Å². The standard InChI is InChI=1S/C31H38N2O6S/c1-9-10-16-38-29-24(12-11-15-32-29)22-17-26(28(37-7)27(18-22)31(4,5)6)21(3)39-30(34)25-19-23(14-13-20(25)2)33-40(8,35)36/h11-15,17-19,33H,3,9-10,16H2,1-2,4-8H3. The lowest BCUT2D eigenvalue weighted by Gasteiger charge is -2.26. The first kappa shape index (κ1) is 30.7. The quantitative estimate of drug-likeness (QED) is 0.156. The van der Waals surface area contributed by atoms with Crippen molar-refractivity contribution in [2.75, 3.05) is 24.7 Å². The molecule has 0 aliphatic heterocycles. The van der Waals surface area contributed by atoms with Crippen LogP contribution in [0, 0.1) is 6.92 Å². The summed E-state index contributed by atoms with van der Waals surface area (Å²) >= 11 is 0. The molecule has 8 nitrogen and oxygen atoms in total. The molecule has 0 aliphatic rings. The lowest BCUT2D eigenvalue weighted by Crippen LogP contribution is -2.15. The molecule has 2 aromatic carbocycles. The first-order chi connectivity index (χ1) is 18.7. The third kappa shape index (κ3) is 7.63. The number of methoxy groups -OCH3 is 1. The van der Waals surface area contributed by atoms with E-state index in [0.29, 0.717) is 29.4 Å². The molecule has 1 aromatic heterocycles. The number of pyridine rings is 1. The molecule has 3 aromatic rings. The molecule has 0 fully saturated rings. The van der Waals surface area contributed by atoms with Gasteiger partial charge in [0.2, 0.25) is 15.9 Å². The Morgan fingerprint density at radius 3 is 2.45 bits per heavy atom. The van der Waals surface area contributed by atoms with Crippen molar-refractivity contribution in [3.63, 3.8) is 0 Å². The summed E-state index contributed by atoms with van der Waals surface area (Å²) in [7, 11) is -1.95. The summed E-state index contributed by atoms with van der Waals surface area (Å²) in [6.07, 6.45) is 4.64. The highest BCUT2D eigenvalue weighted by Crippen LogP contribution is 2.42. The molecular weight excluding hydrogens is 528 g/mol. The maximum absolute atomic E-state index is 13.3. The molecule has 0 unspecified atom stereocenters. The molecule has 9 heteroatoms. The summed E-state index contributed by atoms with van der Waals surface area (Å²) in [5.41, 5.74) is 3.76. The Morgan fingerprint density at radius 2 is 1.82 bits per heavy atom. The SMILES string of the molecule is C=C(OC(=O)c1cc(NS(C)(=O)=O)ccc1C)c1cc(-c2cccnc2OCCCC)cc(C(C)(C)C)c1OC. The topological polar surface area (TPSA) is 104 Å². The zero-order valence-corrected chi connectivity index (χ0v) is 25.1. The van der Waals surface area contributed by atoms with Crippen LogP contribution in [0.15, 0.2) is 55.2 Å². The molecule has 214 valence electrons. The van der Waals surface area contributed by atoms with Crippen molar-refractivity contribution in [2.24, 2.45) is 0 Å². The molecule has 1 N–H and O–H groups in total. The lowest BCUT2D eigenvalue weighted by atomic mass is 9.83. The minimum Gasteiger partial charge on any atom is -0.496 e. The molecule has 0 saturated carbocycles. The smallest absolute Gasteiger partial charge is 0.343 e. The Bertz CT molecular complexity index is 1510. The summed E-state index contributed by atoms with van der Waals surface area (Å²) in [6.45, 7) is 14.7. The number of hydrogen-bond donors (Lipinski definition) is 1. The normalized spacial score (nSPS) is 11.6. The van der Waals surface area contributed by atoms with E-state index in [1.165, 1.54) is 6.07 Å². The summed E-state index contributed by atoms with van der Waals surface area (Å²) in [4.78, 5) is 17.7. The van der Waals surface area contributed by atoms with Crippen LogP contribution in [0.3, 0.4) is 0 Å². The maximum atomic E-state index is 13.3. The van der Waals surface area contributed by atoms with E-state index in [1.54, 1.807) is 32.4 Å². The van der Waals surface area contributed by atoms with E-state index in [1.807, 2.05) is 24.3 Å². The highest BCUT2D eigenvalue weighted by Gasteiger charge is 2.26. The number of unbranched alkanes of at least 4 members (excludes halogenated alkanes) is 1. The van der Waals surface area contributed by atoms with Gasteiger partial charge < -0.3 is 14.2 Å². The fourth-order valence-corrected chi connectivity index (χ4v) is 4.70. The highest BCUT2D eigenvalue weighted by molar-refractivity contribution is 7.92. The van der Waals surface area contributed by atoms with E-state index in [0.717, 1.165) is 35.8 Å². The Kier molecular flexibility index (Phi) is 9.63. The second-order valence-corrected chi connectivity index (χ2v) is 12.4. The third-order valence-corrected chi connectivity index (χ3v) is 6.80. The minimum absolute atomic E-state index is 0.0902. The van der Waals surface area contributed by atoms with Gasteiger partial charge in [0.15, 0.2) is 0 Å². The number of carbonyl (C=O) groups is 1. The van der Waals surface area contributed by atoms with Gasteiger partial charge in [0.05, 0.1) is 31.1 Å². The van der Waals surface area contributed by atoms with E-state index in [-0.39, 0.29) is 22.4 Å². The number of esters is 1. The molecule has 0 atom stereocenters. The van der Waals surface area contributed by atoms with Gasteiger partial charge in [-0.2, -0.15) is 0 Å². The number of ether oxygens (including phenoxy) is 3. The van der Waals surface area contributed by atoms with Crippen LogP contribution in [0.2, 0.25) is 0 Å². The number of aryl methyl sites for hydroxylation is 1. The zero-order chi connectivity index (χ0) is 29.7. The number of anilines is 1. The van der Waals surface area contributed by atoms with Gasteiger partial charge in [-0.25, -0.2) is 18.2 Å². The molecule has 0 bridgehead atoms. The molecule has 0 radical (unpaired) electrons. The zero-order valence-electron chi connectivity index (χ0n) is 24.3. The van der Waals surface area contributed by atoms with Crippen molar-refractivity contribution < 1.29 is 27.4 Å². The van der Waals surface area contributed by atoms with Crippen LogP contribution >= 0.6 is 0 Å². The van der Waals surface area contributed by atoms with Crippen LogP contribution < -0.4 is 14.2 Å². The molecule has 0 amide bonds. The van der Waals surface area contributed by atoms with Gasteiger partial charge in [0, 0.05) is 23.0 Å². The molecule has 0 aliphatic carbocycles. The predicted octanol–water partition coefficient (Wildman–Crippen LogP) is 6.74. The summed E-state index contributed by atoms with van der Waals surface area (Å²) in [5, 5.41) is 0. The number of hydrogen-bond acceptors (Lipinski definition) is 7. The van der Waals surface area contributed by atoms with Crippen LogP contribution in [-0.2, 0) is 20.2 Å². The summed E-state index contributed by atoms with van der Waals surface area (Å²) in [5.74, 6) is 0.470. The van der Waals surface area contributed by atoms with E-state index >= 15 is 0 Å². The largest absolute Gasteiger partial charge is 0.496 e. The van der Waals surface area contributed by atoms with E-state index in [2.05, 4.69) is 44.0 Å². The van der Waals surface area contributed by atoms with Crippen LogP contribution in [0.4, 0.5) is 5.69 Å². The maximum Gasteiger partial charge on any atom is 0.343 e. The van der Waals surface area contributed by atoms with Crippen molar-refractivity contribution in [3.8, 4) is 22.8 Å². The fourth-order valence-electron chi connectivity index (χ4n) is 4.15. The average molecular weight is 567 g/mol. The van der Waals surface area contributed by atoms with Gasteiger partial charge in [0.25, 0.3) is 0 Å². The van der Waals surface area contributed by atoms with Crippen molar-refractivity contribution in [1.29, 1.82) is 0 Å². The van der Waals surface area contributed by atoms with Crippen molar-refractivity contribution in [1.82, 2.24) is 4.98 Å². The van der Waals surface area contributed by atoms with Gasteiger partial charge in [-0.1, -0.05) is 46.8 Å². The van der Waals surface area contributed by atoms with Crippen LogP contribution in [-0.4, -0.2) is 39.3 Å². The minimum atomic E-state index is -3.52. The van der Waals surface area contributed by atoms with Crippen LogP contribution in [0.25, 0.3) is 16.9 Å². The van der Waals surface area contributed by atoms with Gasteiger partial charge in [0.1, 0.15) is 11.5 Å². The molecule has 3 rings (SSSR count). The average Bonchev–Trinajstić information content (AvgIpc) is 2.88. The van der Waals surface area contributed by atoms with Crippen LogP contribution in [0.5, 0.6) is 11.6 Å². The molecular formula is C31H38N2O6S. The number of sulfonamides is 1.